The average molecular weight is 403 g/mol. The van der Waals surface area contributed by atoms with E-state index in [-0.39, 0.29) is 17.3 Å². The second kappa shape index (κ2) is 7.81. The number of anilines is 1. The normalized spacial score (nSPS) is 11.2. The molecule has 0 radical (unpaired) electrons. The van der Waals surface area contributed by atoms with E-state index < -0.39 is 20.9 Å². The van der Waals surface area contributed by atoms with E-state index in [1.54, 1.807) is 24.4 Å². The van der Waals surface area contributed by atoms with Gasteiger partial charge in [0.05, 0.1) is 17.8 Å². The molecule has 7 nitrogen and oxygen atoms in total. The Morgan fingerprint density at radius 1 is 1.07 bits per heavy atom. The summed E-state index contributed by atoms with van der Waals surface area (Å²) in [5.74, 6) is -0.184. The number of nitrogens with zero attached hydrogens (tertiary/aromatic N) is 4. The molecule has 0 unspecified atom stereocenters. The summed E-state index contributed by atoms with van der Waals surface area (Å²) in [7, 11) is -3.69. The van der Waals surface area contributed by atoms with E-state index in [4.69, 9.17) is 11.6 Å². The second-order valence-electron chi connectivity index (χ2n) is 5.69. The van der Waals surface area contributed by atoms with Crippen LogP contribution in [0.4, 0.5) is 5.82 Å². The molecule has 0 saturated heterocycles. The van der Waals surface area contributed by atoms with Gasteiger partial charge in [-0.1, -0.05) is 48.0 Å². The smallest absolute Gasteiger partial charge is 0.280 e. The van der Waals surface area contributed by atoms with Crippen molar-refractivity contribution < 1.29 is 13.2 Å². The lowest BCUT2D eigenvalue weighted by Crippen LogP contribution is -2.32. The third-order valence-corrected chi connectivity index (χ3v) is 4.75. The molecule has 1 aromatic carbocycles. The maximum absolute atomic E-state index is 13.2. The van der Waals surface area contributed by atoms with Crippen LogP contribution in [-0.4, -0.2) is 35.5 Å². The van der Waals surface area contributed by atoms with Crippen molar-refractivity contribution in [1.82, 2.24) is 15.0 Å². The Hall–Kier alpha value is -2.84. The second-order valence-corrected chi connectivity index (χ2v) is 8.00. The van der Waals surface area contributed by atoms with E-state index >= 15 is 0 Å². The van der Waals surface area contributed by atoms with E-state index in [9.17, 15) is 13.2 Å². The first-order valence-corrected chi connectivity index (χ1v) is 10.1. The third kappa shape index (κ3) is 4.47. The van der Waals surface area contributed by atoms with E-state index in [1.165, 1.54) is 4.90 Å². The third-order valence-electron chi connectivity index (χ3n) is 3.61. The van der Waals surface area contributed by atoms with E-state index in [2.05, 4.69) is 15.0 Å². The fourth-order valence-electron chi connectivity index (χ4n) is 2.34. The van der Waals surface area contributed by atoms with Gasteiger partial charge in [-0.15, -0.1) is 0 Å². The number of rotatable bonds is 5. The molecule has 0 aliphatic rings. The topological polar surface area (TPSA) is 93.1 Å². The molecule has 9 heteroatoms. The van der Waals surface area contributed by atoms with Crippen molar-refractivity contribution in [3.05, 3.63) is 77.2 Å². The summed E-state index contributed by atoms with van der Waals surface area (Å²) >= 11 is 6.09. The highest BCUT2D eigenvalue weighted by molar-refractivity contribution is 7.90. The standard InChI is InChI=1S/C18H15ClN4O3S/c1-27(25,26)18-21-11-14(19)16(22-18)17(24)23(15-9-5-6-10-20-15)12-13-7-3-2-4-8-13/h2-11H,12H2,1H3. The Balaban J connectivity index is 2.06. The zero-order valence-corrected chi connectivity index (χ0v) is 15.9. The monoisotopic (exact) mass is 402 g/mol. The molecule has 0 atom stereocenters. The van der Waals surface area contributed by atoms with Crippen LogP contribution < -0.4 is 4.90 Å². The van der Waals surface area contributed by atoms with Gasteiger partial charge in [0.15, 0.2) is 5.69 Å². The summed E-state index contributed by atoms with van der Waals surface area (Å²) in [6.45, 7) is 0.214. The molecular weight excluding hydrogens is 388 g/mol. The van der Waals surface area contributed by atoms with Gasteiger partial charge in [-0.2, -0.15) is 0 Å². The Bertz CT molecular complexity index is 1060. The maximum atomic E-state index is 13.2. The number of sulfone groups is 1. The van der Waals surface area contributed by atoms with Crippen molar-refractivity contribution in [3.8, 4) is 0 Å². The highest BCUT2D eigenvalue weighted by atomic mass is 35.5. The molecule has 0 aliphatic heterocycles. The largest absolute Gasteiger partial charge is 0.287 e. The molecular formula is C18H15ClN4O3S. The lowest BCUT2D eigenvalue weighted by molar-refractivity contribution is 0.0978. The first-order chi connectivity index (χ1) is 12.9. The van der Waals surface area contributed by atoms with Gasteiger partial charge in [-0.25, -0.2) is 23.4 Å². The van der Waals surface area contributed by atoms with Crippen LogP contribution in [-0.2, 0) is 16.4 Å². The van der Waals surface area contributed by atoms with Crippen LogP contribution in [0.1, 0.15) is 16.1 Å². The van der Waals surface area contributed by atoms with Crippen molar-refractivity contribution in [2.45, 2.75) is 11.7 Å². The van der Waals surface area contributed by atoms with E-state index in [1.807, 2.05) is 30.3 Å². The molecule has 0 aliphatic carbocycles. The Kier molecular flexibility index (Phi) is 5.48. The van der Waals surface area contributed by atoms with Crippen LogP contribution >= 0.6 is 11.6 Å². The molecule has 138 valence electrons. The van der Waals surface area contributed by atoms with Crippen LogP contribution in [0, 0.1) is 0 Å². The zero-order valence-electron chi connectivity index (χ0n) is 14.3. The summed E-state index contributed by atoms with van der Waals surface area (Å²) < 4.78 is 23.5. The van der Waals surface area contributed by atoms with Gasteiger partial charge in [-0.3, -0.25) is 9.69 Å². The number of carbonyl (C=O) groups excluding carboxylic acids is 1. The molecule has 3 aromatic rings. The van der Waals surface area contributed by atoms with Gasteiger partial charge in [-0.05, 0) is 17.7 Å². The predicted molar refractivity (Wildman–Crippen MR) is 101 cm³/mol. The molecule has 0 N–H and O–H groups in total. The number of hydrogen-bond donors (Lipinski definition) is 0. The highest BCUT2D eigenvalue weighted by Gasteiger charge is 2.25. The molecule has 2 aromatic heterocycles. The van der Waals surface area contributed by atoms with Crippen LogP contribution in [0.3, 0.4) is 0 Å². The van der Waals surface area contributed by atoms with E-state index in [0.29, 0.717) is 5.82 Å². The molecule has 0 fully saturated rings. The van der Waals surface area contributed by atoms with Gasteiger partial charge < -0.3 is 0 Å². The van der Waals surface area contributed by atoms with Crippen molar-refractivity contribution in [1.29, 1.82) is 0 Å². The summed E-state index contributed by atoms with van der Waals surface area (Å²) in [6, 6.07) is 14.5. The number of halogens is 1. The summed E-state index contributed by atoms with van der Waals surface area (Å²) in [4.78, 5) is 26.3. The van der Waals surface area contributed by atoms with Gasteiger partial charge >= 0.3 is 0 Å². The fourth-order valence-corrected chi connectivity index (χ4v) is 3.02. The SMILES string of the molecule is CS(=O)(=O)c1ncc(Cl)c(C(=O)N(Cc2ccccc2)c2ccccn2)n1. The minimum atomic E-state index is -3.69. The molecule has 0 spiro atoms. The van der Waals surface area contributed by atoms with Crippen LogP contribution in [0.15, 0.2) is 66.1 Å². The van der Waals surface area contributed by atoms with E-state index in [0.717, 1.165) is 18.0 Å². The van der Waals surface area contributed by atoms with Crippen molar-refractivity contribution in [3.63, 3.8) is 0 Å². The zero-order chi connectivity index (χ0) is 19.4. The minimum absolute atomic E-state index is 0.0404. The highest BCUT2D eigenvalue weighted by Crippen LogP contribution is 2.21. The van der Waals surface area contributed by atoms with Crippen molar-refractivity contribution >= 4 is 33.2 Å². The first kappa shape index (κ1) is 18.9. The minimum Gasteiger partial charge on any atom is -0.287 e. The van der Waals surface area contributed by atoms with Crippen molar-refractivity contribution in [2.75, 3.05) is 11.2 Å². The molecule has 3 rings (SSSR count). The van der Waals surface area contributed by atoms with Gasteiger partial charge in [0.25, 0.3) is 5.91 Å². The first-order valence-electron chi connectivity index (χ1n) is 7.85. The Labute approximate surface area is 161 Å². The summed E-state index contributed by atoms with van der Waals surface area (Å²) in [6.07, 6.45) is 3.63. The predicted octanol–water partition coefficient (Wildman–Crippen LogP) is 2.78. The molecule has 2 heterocycles. The summed E-state index contributed by atoms with van der Waals surface area (Å²) in [5.41, 5.74) is 0.665. The number of amides is 1. The molecule has 1 amide bonds. The molecule has 27 heavy (non-hydrogen) atoms. The number of benzene rings is 1. The number of hydrogen-bond acceptors (Lipinski definition) is 6. The molecule has 0 saturated carbocycles. The Morgan fingerprint density at radius 2 is 1.78 bits per heavy atom. The van der Waals surface area contributed by atoms with Crippen LogP contribution in [0.2, 0.25) is 5.02 Å². The van der Waals surface area contributed by atoms with Crippen LogP contribution in [0.25, 0.3) is 0 Å². The number of carbonyl (C=O) groups is 1. The number of aromatic nitrogens is 3. The maximum Gasteiger partial charge on any atom is 0.280 e. The van der Waals surface area contributed by atoms with Crippen molar-refractivity contribution in [2.24, 2.45) is 0 Å². The van der Waals surface area contributed by atoms with Gasteiger partial charge in [0.1, 0.15) is 5.82 Å². The summed E-state index contributed by atoms with van der Waals surface area (Å²) in [5, 5.41) is -0.502. The quantitative estimate of drug-likeness (QED) is 0.609. The fraction of sp³-hybridized carbons (Fsp3) is 0.111. The Morgan fingerprint density at radius 3 is 2.41 bits per heavy atom. The number of pyridine rings is 1. The lowest BCUT2D eigenvalue weighted by atomic mass is 10.2. The van der Waals surface area contributed by atoms with Gasteiger partial charge in [0, 0.05) is 12.5 Å². The lowest BCUT2D eigenvalue weighted by Gasteiger charge is -2.22. The van der Waals surface area contributed by atoms with Gasteiger partial charge in [0.2, 0.25) is 15.0 Å². The average Bonchev–Trinajstić information content (AvgIpc) is 2.66. The van der Waals surface area contributed by atoms with Crippen LogP contribution in [0.5, 0.6) is 0 Å². The molecule has 0 bridgehead atoms.